The van der Waals surface area contributed by atoms with Crippen molar-refractivity contribution in [1.82, 2.24) is 4.98 Å². The van der Waals surface area contributed by atoms with E-state index in [0.717, 1.165) is 6.26 Å². The smallest absolute Gasteiger partial charge is 0.192 e. The zero-order chi connectivity index (χ0) is 12.5. The van der Waals surface area contributed by atoms with E-state index in [1.807, 2.05) is 0 Å². The van der Waals surface area contributed by atoms with Crippen molar-refractivity contribution < 1.29 is 17.6 Å². The normalized spacial score (nSPS) is 11.4. The van der Waals surface area contributed by atoms with Crippen molar-refractivity contribution in [3.8, 4) is 11.5 Å². The highest BCUT2D eigenvalue weighted by Crippen LogP contribution is 2.26. The van der Waals surface area contributed by atoms with Gasteiger partial charge < -0.3 is 9.15 Å². The van der Waals surface area contributed by atoms with Gasteiger partial charge in [0.2, 0.25) is 0 Å². The lowest BCUT2D eigenvalue weighted by Gasteiger charge is -2.05. The Balaban J connectivity index is 2.39. The Kier molecular flexibility index (Phi) is 3.21. The summed E-state index contributed by atoms with van der Waals surface area (Å²) in [4.78, 5) is 3.86. The lowest BCUT2D eigenvalue weighted by Crippen LogP contribution is -2.01. The molecule has 0 aliphatic heterocycles. The first-order valence-electron chi connectivity index (χ1n) is 4.53. The molecule has 0 atom stereocenters. The SMILES string of the molecule is CS(=O)(=O)c1cc(Oc2ccoc2)cc(Br)n1. The monoisotopic (exact) mass is 317 g/mol. The topological polar surface area (TPSA) is 69.4 Å². The highest BCUT2D eigenvalue weighted by atomic mass is 79.9. The molecule has 2 aromatic heterocycles. The molecule has 0 saturated carbocycles. The van der Waals surface area contributed by atoms with Gasteiger partial charge >= 0.3 is 0 Å². The van der Waals surface area contributed by atoms with Crippen LogP contribution in [0, 0.1) is 0 Å². The highest BCUT2D eigenvalue weighted by Gasteiger charge is 2.12. The third kappa shape index (κ3) is 3.07. The predicted octanol–water partition coefficient (Wildman–Crippen LogP) is 2.63. The molecule has 0 unspecified atom stereocenters. The van der Waals surface area contributed by atoms with E-state index in [9.17, 15) is 8.42 Å². The highest BCUT2D eigenvalue weighted by molar-refractivity contribution is 9.10. The van der Waals surface area contributed by atoms with Gasteiger partial charge in [0.15, 0.2) is 20.6 Å². The van der Waals surface area contributed by atoms with E-state index >= 15 is 0 Å². The Morgan fingerprint density at radius 1 is 1.35 bits per heavy atom. The fourth-order valence-electron chi connectivity index (χ4n) is 1.15. The first kappa shape index (κ1) is 12.1. The molecule has 2 heterocycles. The van der Waals surface area contributed by atoms with Gasteiger partial charge in [-0.05, 0) is 15.9 Å². The summed E-state index contributed by atoms with van der Waals surface area (Å²) in [6.07, 6.45) is 3.96. The van der Waals surface area contributed by atoms with E-state index in [1.165, 1.54) is 18.6 Å². The maximum absolute atomic E-state index is 11.4. The number of nitrogens with zero attached hydrogens (tertiary/aromatic N) is 1. The first-order valence-corrected chi connectivity index (χ1v) is 7.21. The zero-order valence-corrected chi connectivity index (χ0v) is 11.2. The number of aromatic nitrogens is 1. The minimum Gasteiger partial charge on any atom is -0.469 e. The number of hydrogen-bond donors (Lipinski definition) is 0. The van der Waals surface area contributed by atoms with Crippen molar-refractivity contribution in [2.75, 3.05) is 6.26 Å². The van der Waals surface area contributed by atoms with Gasteiger partial charge in [0.05, 0.1) is 6.26 Å². The van der Waals surface area contributed by atoms with E-state index in [-0.39, 0.29) is 5.03 Å². The molecule has 0 aliphatic rings. The predicted molar refractivity (Wildman–Crippen MR) is 63.8 cm³/mol. The minimum absolute atomic E-state index is 0.0506. The van der Waals surface area contributed by atoms with Crippen LogP contribution in [0.4, 0.5) is 0 Å². The number of sulfone groups is 1. The van der Waals surface area contributed by atoms with Crippen molar-refractivity contribution in [3.63, 3.8) is 0 Å². The van der Waals surface area contributed by atoms with Gasteiger partial charge in [-0.15, -0.1) is 0 Å². The third-order valence-electron chi connectivity index (χ3n) is 1.85. The van der Waals surface area contributed by atoms with Gasteiger partial charge in [0.1, 0.15) is 16.6 Å². The van der Waals surface area contributed by atoms with Crippen molar-refractivity contribution in [1.29, 1.82) is 0 Å². The minimum atomic E-state index is -3.37. The summed E-state index contributed by atoms with van der Waals surface area (Å²) in [6.45, 7) is 0. The Labute approximate surface area is 106 Å². The van der Waals surface area contributed by atoms with Crippen LogP contribution in [0.3, 0.4) is 0 Å². The van der Waals surface area contributed by atoms with Crippen LogP contribution in [0.25, 0.3) is 0 Å². The average molecular weight is 318 g/mol. The number of hydrogen-bond acceptors (Lipinski definition) is 5. The molecule has 0 radical (unpaired) electrons. The molecule has 17 heavy (non-hydrogen) atoms. The fraction of sp³-hybridized carbons (Fsp3) is 0.100. The lowest BCUT2D eigenvalue weighted by molar-refractivity contribution is 0.463. The van der Waals surface area contributed by atoms with Gasteiger partial charge in [0.25, 0.3) is 0 Å². The molecule has 90 valence electrons. The lowest BCUT2D eigenvalue weighted by atomic mass is 10.4. The van der Waals surface area contributed by atoms with Gasteiger partial charge in [-0.3, -0.25) is 0 Å². The first-order chi connectivity index (χ1) is 7.95. The summed E-state index contributed by atoms with van der Waals surface area (Å²) in [5.74, 6) is 0.858. The summed E-state index contributed by atoms with van der Waals surface area (Å²) in [6, 6.07) is 4.54. The summed E-state index contributed by atoms with van der Waals surface area (Å²) < 4.78 is 33.4. The fourth-order valence-corrected chi connectivity index (χ4v) is 2.27. The van der Waals surface area contributed by atoms with Crippen LogP contribution in [-0.4, -0.2) is 19.7 Å². The molecule has 0 aromatic carbocycles. The molecular formula is C10H8BrNO4S. The molecule has 0 saturated heterocycles. The molecule has 2 rings (SSSR count). The van der Waals surface area contributed by atoms with Crippen LogP contribution in [0.5, 0.6) is 11.5 Å². The number of pyridine rings is 1. The molecule has 0 bridgehead atoms. The Morgan fingerprint density at radius 3 is 2.71 bits per heavy atom. The quantitative estimate of drug-likeness (QED) is 0.814. The number of furan rings is 1. The van der Waals surface area contributed by atoms with Crippen molar-refractivity contribution in [2.45, 2.75) is 5.03 Å². The zero-order valence-electron chi connectivity index (χ0n) is 8.75. The maximum Gasteiger partial charge on any atom is 0.192 e. The summed E-state index contributed by atoms with van der Waals surface area (Å²) in [5.41, 5.74) is 0. The van der Waals surface area contributed by atoms with Crippen LogP contribution in [-0.2, 0) is 9.84 Å². The average Bonchev–Trinajstić information content (AvgIpc) is 2.68. The van der Waals surface area contributed by atoms with Crippen molar-refractivity contribution >= 4 is 25.8 Å². The Bertz CT molecular complexity index is 622. The number of ether oxygens (including phenoxy) is 1. The Hall–Kier alpha value is -1.34. The summed E-state index contributed by atoms with van der Waals surface area (Å²) in [5, 5.41) is -0.0506. The van der Waals surface area contributed by atoms with Crippen LogP contribution in [0.15, 0.2) is 44.8 Å². The maximum atomic E-state index is 11.4. The van der Waals surface area contributed by atoms with E-state index < -0.39 is 9.84 Å². The summed E-state index contributed by atoms with van der Waals surface area (Å²) >= 11 is 3.13. The van der Waals surface area contributed by atoms with Crippen LogP contribution in [0.2, 0.25) is 0 Å². The molecule has 0 fully saturated rings. The molecular weight excluding hydrogens is 310 g/mol. The van der Waals surface area contributed by atoms with E-state index in [1.54, 1.807) is 12.1 Å². The Morgan fingerprint density at radius 2 is 2.12 bits per heavy atom. The van der Waals surface area contributed by atoms with Gasteiger partial charge in [-0.1, -0.05) is 0 Å². The van der Waals surface area contributed by atoms with Crippen molar-refractivity contribution in [3.05, 3.63) is 35.3 Å². The van der Waals surface area contributed by atoms with Gasteiger partial charge in [0, 0.05) is 24.5 Å². The second kappa shape index (κ2) is 4.50. The van der Waals surface area contributed by atoms with Crippen LogP contribution in [0.1, 0.15) is 0 Å². The van der Waals surface area contributed by atoms with Crippen molar-refractivity contribution in [2.24, 2.45) is 0 Å². The number of rotatable bonds is 3. The second-order valence-corrected chi connectivity index (χ2v) is 6.07. The molecule has 7 heteroatoms. The van der Waals surface area contributed by atoms with E-state index in [4.69, 9.17) is 9.15 Å². The number of halogens is 1. The third-order valence-corrected chi connectivity index (χ3v) is 3.23. The second-order valence-electron chi connectivity index (χ2n) is 3.30. The van der Waals surface area contributed by atoms with Gasteiger partial charge in [-0.25, -0.2) is 13.4 Å². The summed E-state index contributed by atoms with van der Waals surface area (Å²) in [7, 11) is -3.37. The largest absolute Gasteiger partial charge is 0.469 e. The molecule has 0 amide bonds. The van der Waals surface area contributed by atoms with E-state index in [2.05, 4.69) is 20.9 Å². The van der Waals surface area contributed by atoms with Crippen LogP contribution >= 0.6 is 15.9 Å². The molecule has 0 aliphatic carbocycles. The van der Waals surface area contributed by atoms with Gasteiger partial charge in [-0.2, -0.15) is 0 Å². The molecule has 0 spiro atoms. The molecule has 5 nitrogen and oxygen atoms in total. The standard InChI is InChI=1S/C10H8BrNO4S/c1-17(13,14)10-5-8(4-9(11)12-10)16-7-2-3-15-6-7/h2-6H,1H3. The molecule has 0 N–H and O–H groups in total. The molecule has 2 aromatic rings. The van der Waals surface area contributed by atoms with Crippen LogP contribution < -0.4 is 4.74 Å². The van der Waals surface area contributed by atoms with E-state index in [0.29, 0.717) is 16.1 Å².